The van der Waals surface area contributed by atoms with Crippen LogP contribution in [-0.4, -0.2) is 29.7 Å². The van der Waals surface area contributed by atoms with Crippen LogP contribution in [0, 0.1) is 0 Å². The zero-order chi connectivity index (χ0) is 13.2. The van der Waals surface area contributed by atoms with Crippen LogP contribution in [0.2, 0.25) is 0 Å². The number of carbonyl (C=O) groups is 1. The van der Waals surface area contributed by atoms with E-state index in [2.05, 4.69) is 33.5 Å². The van der Waals surface area contributed by atoms with E-state index in [0.29, 0.717) is 13.1 Å². The minimum Gasteiger partial charge on any atom is -0.481 e. The third-order valence-electron chi connectivity index (χ3n) is 3.31. The van der Waals surface area contributed by atoms with Gasteiger partial charge in [0, 0.05) is 23.6 Å². The normalized spacial score (nSPS) is 19.0. The zero-order valence-corrected chi connectivity index (χ0v) is 11.8. The number of carboxylic acids is 1. The van der Waals surface area contributed by atoms with E-state index in [4.69, 9.17) is 5.11 Å². The fraction of sp³-hybridized carbons (Fsp3) is 0.462. The van der Waals surface area contributed by atoms with Gasteiger partial charge in [0.05, 0.1) is 12.0 Å². The topological polar surface area (TPSA) is 61.4 Å². The Morgan fingerprint density at radius 1 is 1.50 bits per heavy atom. The van der Waals surface area contributed by atoms with Crippen LogP contribution >= 0.6 is 15.9 Å². The Hall–Kier alpha value is -0.910. The van der Waals surface area contributed by atoms with Crippen molar-refractivity contribution in [1.82, 2.24) is 10.6 Å². The Morgan fingerprint density at radius 3 is 2.56 bits per heavy atom. The van der Waals surface area contributed by atoms with Crippen molar-refractivity contribution in [2.24, 2.45) is 0 Å². The second-order valence-electron chi connectivity index (χ2n) is 4.87. The van der Waals surface area contributed by atoms with Crippen molar-refractivity contribution in [3.63, 3.8) is 0 Å². The molecule has 1 fully saturated rings. The number of rotatable bonds is 5. The molecule has 1 aliphatic heterocycles. The van der Waals surface area contributed by atoms with Gasteiger partial charge in [0.1, 0.15) is 0 Å². The van der Waals surface area contributed by atoms with E-state index in [-0.39, 0.29) is 18.0 Å². The van der Waals surface area contributed by atoms with E-state index < -0.39 is 5.97 Å². The highest BCUT2D eigenvalue weighted by Gasteiger charge is 2.39. The highest BCUT2D eigenvalue weighted by Crippen LogP contribution is 2.23. The molecule has 0 radical (unpaired) electrons. The van der Waals surface area contributed by atoms with Gasteiger partial charge in [-0.1, -0.05) is 28.1 Å². The smallest absolute Gasteiger partial charge is 0.305 e. The molecule has 1 atom stereocenters. The van der Waals surface area contributed by atoms with Crippen molar-refractivity contribution in [3.8, 4) is 0 Å². The summed E-state index contributed by atoms with van der Waals surface area (Å²) in [5, 5.41) is 15.5. The summed E-state index contributed by atoms with van der Waals surface area (Å²) in [4.78, 5) is 10.9. The molecule has 0 saturated carbocycles. The molecule has 1 aromatic carbocycles. The Kier molecular flexibility index (Phi) is 4.04. The minimum absolute atomic E-state index is 0.138. The molecule has 18 heavy (non-hydrogen) atoms. The number of carboxylic acid groups (broad SMARTS) is 1. The minimum atomic E-state index is -0.757. The number of halogens is 1. The molecule has 2 rings (SSSR count). The van der Waals surface area contributed by atoms with Gasteiger partial charge >= 0.3 is 5.97 Å². The molecular formula is C13H17BrN2O2. The fourth-order valence-electron chi connectivity index (χ4n) is 2.29. The third-order valence-corrected chi connectivity index (χ3v) is 3.84. The van der Waals surface area contributed by atoms with Gasteiger partial charge in [-0.3, -0.25) is 4.79 Å². The molecule has 0 aliphatic carbocycles. The number of nitrogens with one attached hydrogen (secondary N) is 2. The first-order chi connectivity index (χ1) is 8.51. The van der Waals surface area contributed by atoms with Gasteiger partial charge < -0.3 is 15.7 Å². The highest BCUT2D eigenvalue weighted by molar-refractivity contribution is 9.10. The predicted octanol–water partition coefficient (Wildman–Crippen LogP) is 1.92. The molecule has 1 aromatic rings. The standard InChI is InChI=1S/C13H17BrN2O2/c1-9(10-2-4-11(14)5-3-10)16-13(6-12(17)18)7-15-8-13/h2-5,9,15-16H,6-8H2,1H3,(H,17,18). The maximum atomic E-state index is 10.9. The summed E-state index contributed by atoms with van der Waals surface area (Å²) in [5.41, 5.74) is 0.855. The average Bonchev–Trinajstić information content (AvgIpc) is 2.26. The summed E-state index contributed by atoms with van der Waals surface area (Å²) < 4.78 is 1.05. The molecule has 4 nitrogen and oxygen atoms in total. The van der Waals surface area contributed by atoms with Crippen LogP contribution in [0.3, 0.4) is 0 Å². The van der Waals surface area contributed by atoms with Gasteiger partial charge in [-0.25, -0.2) is 0 Å². The third kappa shape index (κ3) is 3.10. The van der Waals surface area contributed by atoms with Crippen molar-refractivity contribution < 1.29 is 9.90 Å². The average molecular weight is 313 g/mol. The molecule has 1 unspecified atom stereocenters. The first-order valence-corrected chi connectivity index (χ1v) is 6.76. The Bertz CT molecular complexity index is 429. The molecule has 1 heterocycles. The van der Waals surface area contributed by atoms with Crippen LogP contribution < -0.4 is 10.6 Å². The lowest BCUT2D eigenvalue weighted by atomic mass is 9.87. The van der Waals surface area contributed by atoms with Gasteiger partial charge in [0.2, 0.25) is 0 Å². The number of aliphatic carboxylic acids is 1. The van der Waals surface area contributed by atoms with E-state index >= 15 is 0 Å². The van der Waals surface area contributed by atoms with Crippen molar-refractivity contribution in [2.75, 3.05) is 13.1 Å². The summed E-state index contributed by atoms with van der Waals surface area (Å²) in [6.45, 7) is 3.48. The lowest BCUT2D eigenvalue weighted by molar-refractivity contribution is -0.139. The number of benzene rings is 1. The maximum absolute atomic E-state index is 10.9. The van der Waals surface area contributed by atoms with Crippen molar-refractivity contribution in [2.45, 2.75) is 24.9 Å². The van der Waals surface area contributed by atoms with Crippen LogP contribution in [0.25, 0.3) is 0 Å². The lowest BCUT2D eigenvalue weighted by Gasteiger charge is -2.44. The second kappa shape index (κ2) is 5.38. The van der Waals surface area contributed by atoms with Crippen molar-refractivity contribution >= 4 is 21.9 Å². The SMILES string of the molecule is CC(NC1(CC(=O)O)CNC1)c1ccc(Br)cc1. The van der Waals surface area contributed by atoms with E-state index in [1.165, 1.54) is 0 Å². The van der Waals surface area contributed by atoms with Crippen LogP contribution in [0.15, 0.2) is 28.7 Å². The number of hydrogen-bond acceptors (Lipinski definition) is 3. The van der Waals surface area contributed by atoms with Gasteiger partial charge in [-0.15, -0.1) is 0 Å². The van der Waals surface area contributed by atoms with Gasteiger partial charge in [-0.2, -0.15) is 0 Å². The first-order valence-electron chi connectivity index (χ1n) is 5.96. The maximum Gasteiger partial charge on any atom is 0.305 e. The van der Waals surface area contributed by atoms with Crippen molar-refractivity contribution in [1.29, 1.82) is 0 Å². The van der Waals surface area contributed by atoms with Gasteiger partial charge in [0.25, 0.3) is 0 Å². The van der Waals surface area contributed by atoms with Crippen LogP contribution in [0.1, 0.15) is 24.9 Å². The molecule has 0 aromatic heterocycles. The van der Waals surface area contributed by atoms with Gasteiger partial charge in [-0.05, 0) is 24.6 Å². The Balaban J connectivity index is 2.03. The summed E-state index contributed by atoms with van der Waals surface area (Å²) in [6.07, 6.45) is 0.154. The Labute approximate surface area is 115 Å². The largest absolute Gasteiger partial charge is 0.481 e. The molecule has 3 N–H and O–H groups in total. The molecular weight excluding hydrogens is 296 g/mol. The number of hydrogen-bond donors (Lipinski definition) is 3. The predicted molar refractivity (Wildman–Crippen MR) is 73.5 cm³/mol. The summed E-state index contributed by atoms with van der Waals surface area (Å²) in [7, 11) is 0. The molecule has 5 heteroatoms. The van der Waals surface area contributed by atoms with E-state index in [1.807, 2.05) is 24.3 Å². The molecule has 0 spiro atoms. The highest BCUT2D eigenvalue weighted by atomic mass is 79.9. The molecule has 0 amide bonds. The lowest BCUT2D eigenvalue weighted by Crippen LogP contribution is -2.68. The first kappa shape index (κ1) is 13.5. The summed E-state index contributed by atoms with van der Waals surface area (Å²) >= 11 is 3.41. The van der Waals surface area contributed by atoms with E-state index in [9.17, 15) is 4.79 Å². The second-order valence-corrected chi connectivity index (χ2v) is 5.79. The van der Waals surface area contributed by atoms with E-state index in [0.717, 1.165) is 10.0 Å². The van der Waals surface area contributed by atoms with Crippen LogP contribution in [0.5, 0.6) is 0 Å². The molecule has 1 aliphatic rings. The fourth-order valence-corrected chi connectivity index (χ4v) is 2.55. The summed E-state index contributed by atoms with van der Waals surface area (Å²) in [5.74, 6) is -0.757. The summed E-state index contributed by atoms with van der Waals surface area (Å²) in [6, 6.07) is 8.22. The van der Waals surface area contributed by atoms with Crippen LogP contribution in [-0.2, 0) is 4.79 Å². The Morgan fingerprint density at radius 2 is 2.11 bits per heavy atom. The quantitative estimate of drug-likeness (QED) is 0.777. The van der Waals surface area contributed by atoms with Crippen molar-refractivity contribution in [3.05, 3.63) is 34.3 Å². The van der Waals surface area contributed by atoms with E-state index in [1.54, 1.807) is 0 Å². The monoisotopic (exact) mass is 312 g/mol. The molecule has 98 valence electrons. The molecule has 1 saturated heterocycles. The zero-order valence-electron chi connectivity index (χ0n) is 10.2. The molecule has 0 bridgehead atoms. The van der Waals surface area contributed by atoms with Gasteiger partial charge in [0.15, 0.2) is 0 Å². The van der Waals surface area contributed by atoms with Crippen LogP contribution in [0.4, 0.5) is 0 Å².